The van der Waals surface area contributed by atoms with E-state index < -0.39 is 0 Å². The Labute approximate surface area is 155 Å². The number of hydrogen-bond donors (Lipinski definition) is 0. The number of carbonyl (C=O) groups is 1. The molecule has 0 N–H and O–H groups in total. The summed E-state index contributed by atoms with van der Waals surface area (Å²) >= 11 is 0. The summed E-state index contributed by atoms with van der Waals surface area (Å²) in [5, 5.41) is 0. The number of benzene rings is 2. The second-order valence-electron chi connectivity index (χ2n) is 6.60. The van der Waals surface area contributed by atoms with Crippen LogP contribution in [0.2, 0.25) is 0 Å². The van der Waals surface area contributed by atoms with Gasteiger partial charge in [-0.05, 0) is 24.0 Å². The SMILES string of the molecule is CCCCC#CC1=COC(=O)[C@@H](Cc2ccccc2)[C@@H]1c1ccccc1. The minimum atomic E-state index is -0.264. The number of rotatable bonds is 5. The van der Waals surface area contributed by atoms with Gasteiger partial charge in [-0.15, -0.1) is 0 Å². The van der Waals surface area contributed by atoms with E-state index in [1.165, 1.54) is 0 Å². The van der Waals surface area contributed by atoms with Crippen LogP contribution in [-0.4, -0.2) is 5.97 Å². The number of unbranched alkanes of at least 4 members (excludes halogenated alkanes) is 2. The first-order valence-corrected chi connectivity index (χ1v) is 9.28. The number of allylic oxidation sites excluding steroid dienone is 1. The van der Waals surface area contributed by atoms with Crippen molar-refractivity contribution in [3.8, 4) is 11.8 Å². The fourth-order valence-electron chi connectivity index (χ4n) is 3.31. The smallest absolute Gasteiger partial charge is 0.315 e. The molecule has 1 aliphatic rings. The van der Waals surface area contributed by atoms with Crippen LogP contribution in [0.25, 0.3) is 0 Å². The fourth-order valence-corrected chi connectivity index (χ4v) is 3.31. The van der Waals surface area contributed by atoms with E-state index in [0.29, 0.717) is 6.42 Å². The van der Waals surface area contributed by atoms with Crippen LogP contribution in [0.15, 0.2) is 72.5 Å². The van der Waals surface area contributed by atoms with E-state index in [9.17, 15) is 4.79 Å². The summed E-state index contributed by atoms with van der Waals surface area (Å²) in [5.74, 6) is 6.01. The van der Waals surface area contributed by atoms with Gasteiger partial charge in [0.05, 0.1) is 5.92 Å². The predicted octanol–water partition coefficient (Wildman–Crippen LogP) is 5.26. The average molecular weight is 344 g/mol. The Bertz CT molecular complexity index is 810. The van der Waals surface area contributed by atoms with Crippen molar-refractivity contribution >= 4 is 5.97 Å². The molecule has 0 aliphatic carbocycles. The van der Waals surface area contributed by atoms with Gasteiger partial charge in [-0.3, -0.25) is 4.79 Å². The third-order valence-electron chi connectivity index (χ3n) is 4.69. The second kappa shape index (κ2) is 9.06. The summed E-state index contributed by atoms with van der Waals surface area (Å²) in [6.45, 7) is 2.16. The Morgan fingerprint density at radius 3 is 2.38 bits per heavy atom. The van der Waals surface area contributed by atoms with Gasteiger partial charge in [0.1, 0.15) is 6.26 Å². The van der Waals surface area contributed by atoms with Crippen molar-refractivity contribution in [2.75, 3.05) is 0 Å². The fraction of sp³-hybridized carbons (Fsp3) is 0.292. The normalized spacial score (nSPS) is 19.1. The zero-order valence-corrected chi connectivity index (χ0v) is 15.2. The van der Waals surface area contributed by atoms with Crippen molar-refractivity contribution in [1.29, 1.82) is 0 Å². The highest BCUT2D eigenvalue weighted by molar-refractivity contribution is 5.78. The van der Waals surface area contributed by atoms with E-state index in [-0.39, 0.29) is 17.8 Å². The van der Waals surface area contributed by atoms with Crippen LogP contribution in [0.1, 0.15) is 43.2 Å². The molecule has 0 radical (unpaired) electrons. The van der Waals surface area contributed by atoms with Gasteiger partial charge < -0.3 is 4.74 Å². The van der Waals surface area contributed by atoms with Crippen LogP contribution in [0, 0.1) is 17.8 Å². The van der Waals surface area contributed by atoms with Gasteiger partial charge in [0.2, 0.25) is 0 Å². The Balaban J connectivity index is 1.93. The molecule has 2 aromatic carbocycles. The molecule has 1 heterocycles. The minimum absolute atomic E-state index is 0.0632. The molecule has 0 spiro atoms. The van der Waals surface area contributed by atoms with Gasteiger partial charge in [0.25, 0.3) is 0 Å². The Hall–Kier alpha value is -2.79. The highest BCUT2D eigenvalue weighted by Gasteiger charge is 2.36. The molecule has 0 amide bonds. The summed E-state index contributed by atoms with van der Waals surface area (Å²) in [7, 11) is 0. The van der Waals surface area contributed by atoms with Gasteiger partial charge >= 0.3 is 5.97 Å². The molecule has 26 heavy (non-hydrogen) atoms. The molecule has 3 rings (SSSR count). The first kappa shape index (κ1) is 18.0. The number of carbonyl (C=O) groups excluding carboxylic acids is 1. The molecule has 132 valence electrons. The number of esters is 1. The monoisotopic (exact) mass is 344 g/mol. The topological polar surface area (TPSA) is 26.3 Å². The van der Waals surface area contributed by atoms with Crippen molar-refractivity contribution in [3.05, 3.63) is 83.6 Å². The summed E-state index contributed by atoms with van der Waals surface area (Å²) in [5.41, 5.74) is 3.14. The van der Waals surface area contributed by atoms with Crippen LogP contribution in [-0.2, 0) is 16.0 Å². The van der Waals surface area contributed by atoms with Gasteiger partial charge in [-0.2, -0.15) is 0 Å². The van der Waals surface area contributed by atoms with Crippen LogP contribution in [0.5, 0.6) is 0 Å². The van der Waals surface area contributed by atoms with Crippen LogP contribution in [0.3, 0.4) is 0 Å². The zero-order valence-electron chi connectivity index (χ0n) is 15.2. The van der Waals surface area contributed by atoms with Crippen molar-refractivity contribution in [1.82, 2.24) is 0 Å². The van der Waals surface area contributed by atoms with E-state index in [1.807, 2.05) is 36.4 Å². The quantitative estimate of drug-likeness (QED) is 0.420. The predicted molar refractivity (Wildman–Crippen MR) is 104 cm³/mol. The largest absolute Gasteiger partial charge is 0.433 e. The maximum atomic E-state index is 12.6. The molecular formula is C24H24O2. The lowest BCUT2D eigenvalue weighted by atomic mass is 9.77. The number of cyclic esters (lactones) is 1. The molecule has 2 nitrogen and oxygen atoms in total. The summed E-state index contributed by atoms with van der Waals surface area (Å²) in [4.78, 5) is 12.6. The highest BCUT2D eigenvalue weighted by Crippen LogP contribution is 2.37. The highest BCUT2D eigenvalue weighted by atomic mass is 16.5. The Morgan fingerprint density at radius 1 is 1.00 bits per heavy atom. The second-order valence-corrected chi connectivity index (χ2v) is 6.60. The molecule has 0 fully saturated rings. The van der Waals surface area contributed by atoms with E-state index in [4.69, 9.17) is 4.74 Å². The maximum Gasteiger partial charge on any atom is 0.315 e. The van der Waals surface area contributed by atoms with Crippen LogP contribution < -0.4 is 0 Å². The van der Waals surface area contributed by atoms with Gasteiger partial charge in [0, 0.05) is 17.9 Å². The first-order valence-electron chi connectivity index (χ1n) is 9.28. The van der Waals surface area contributed by atoms with Gasteiger partial charge in [-0.1, -0.05) is 85.8 Å². The zero-order chi connectivity index (χ0) is 18.2. The van der Waals surface area contributed by atoms with E-state index in [1.54, 1.807) is 6.26 Å². The van der Waals surface area contributed by atoms with Gasteiger partial charge in [0.15, 0.2) is 0 Å². The van der Waals surface area contributed by atoms with Crippen LogP contribution >= 0.6 is 0 Å². The molecule has 0 aromatic heterocycles. The minimum Gasteiger partial charge on any atom is -0.433 e. The molecule has 0 saturated heterocycles. The number of hydrogen-bond acceptors (Lipinski definition) is 2. The van der Waals surface area contributed by atoms with Gasteiger partial charge in [-0.25, -0.2) is 0 Å². The third-order valence-corrected chi connectivity index (χ3v) is 4.69. The summed E-state index contributed by atoms with van der Waals surface area (Å²) in [6.07, 6.45) is 5.28. The average Bonchev–Trinajstić information content (AvgIpc) is 2.69. The summed E-state index contributed by atoms with van der Waals surface area (Å²) in [6, 6.07) is 20.3. The molecule has 2 aromatic rings. The molecule has 1 aliphatic heterocycles. The maximum absolute atomic E-state index is 12.6. The van der Waals surface area contributed by atoms with Crippen LogP contribution in [0.4, 0.5) is 0 Å². The standard InChI is InChI=1S/C24H24O2/c1-2-3-4-9-16-21-18-26-24(25)22(17-19-12-7-5-8-13-19)23(21)20-14-10-6-11-15-20/h5-8,10-15,18,22-23H,2-4,17H2,1H3/t22-,23+/m0/s1. The molecular weight excluding hydrogens is 320 g/mol. The lowest BCUT2D eigenvalue weighted by molar-refractivity contribution is -0.144. The van der Waals surface area contributed by atoms with Crippen molar-refractivity contribution < 1.29 is 9.53 Å². The molecule has 2 atom stereocenters. The summed E-state index contributed by atoms with van der Waals surface area (Å²) < 4.78 is 5.38. The Morgan fingerprint density at radius 2 is 1.69 bits per heavy atom. The van der Waals surface area contributed by atoms with Crippen molar-refractivity contribution in [2.24, 2.45) is 5.92 Å². The lowest BCUT2D eigenvalue weighted by Crippen LogP contribution is -2.30. The van der Waals surface area contributed by atoms with E-state index in [2.05, 4.69) is 43.0 Å². The van der Waals surface area contributed by atoms with E-state index in [0.717, 1.165) is 36.0 Å². The molecule has 0 bridgehead atoms. The lowest BCUT2D eigenvalue weighted by Gasteiger charge is -2.29. The molecule has 0 saturated carbocycles. The molecule has 2 heteroatoms. The van der Waals surface area contributed by atoms with E-state index >= 15 is 0 Å². The third kappa shape index (κ3) is 4.43. The van der Waals surface area contributed by atoms with Crippen molar-refractivity contribution in [3.63, 3.8) is 0 Å². The number of ether oxygens (including phenoxy) is 1. The van der Waals surface area contributed by atoms with Crippen molar-refractivity contribution in [2.45, 2.75) is 38.5 Å². The Kier molecular flexibility index (Phi) is 6.28. The first-order chi connectivity index (χ1) is 12.8. The molecule has 0 unspecified atom stereocenters.